The van der Waals surface area contributed by atoms with Gasteiger partial charge in [-0.25, -0.2) is 0 Å². The van der Waals surface area contributed by atoms with Crippen molar-refractivity contribution in [2.45, 2.75) is 37.6 Å². The molecule has 6 rings (SSSR count). The summed E-state index contributed by atoms with van der Waals surface area (Å²) < 4.78 is 22.7. The molecule has 0 radical (unpaired) electrons. The van der Waals surface area contributed by atoms with Crippen LogP contribution in [0.25, 0.3) is 22.8 Å². The Bertz CT molecular complexity index is 1540. The van der Waals surface area contributed by atoms with Crippen molar-refractivity contribution in [2.75, 3.05) is 27.9 Å². The lowest BCUT2D eigenvalue weighted by Crippen LogP contribution is -2.38. The Labute approximate surface area is 239 Å². The highest BCUT2D eigenvalue weighted by Gasteiger charge is 2.41. The minimum Gasteiger partial charge on any atom is -0.493 e. The van der Waals surface area contributed by atoms with Gasteiger partial charge in [-0.1, -0.05) is 36.4 Å². The molecule has 1 aliphatic carbocycles. The Morgan fingerprint density at radius 2 is 1.78 bits per heavy atom. The molecule has 3 N–H and O–H groups in total. The number of rotatable bonds is 9. The van der Waals surface area contributed by atoms with Crippen LogP contribution in [0.15, 0.2) is 60.7 Å². The average Bonchev–Trinajstić information content (AvgIpc) is 3.79. The first kappa shape index (κ1) is 26.9. The smallest absolute Gasteiger partial charge is 0.255 e. The molecule has 41 heavy (non-hydrogen) atoms. The number of ether oxygens (including phenoxy) is 4. The number of aliphatic hydroxyl groups is 1. The summed E-state index contributed by atoms with van der Waals surface area (Å²) in [6.07, 6.45) is 6.46. The molecule has 8 heteroatoms. The third kappa shape index (κ3) is 5.05. The van der Waals surface area contributed by atoms with Crippen molar-refractivity contribution in [3.8, 4) is 34.1 Å². The van der Waals surface area contributed by atoms with E-state index in [0.29, 0.717) is 47.1 Å². The Morgan fingerprint density at radius 1 is 1.05 bits per heavy atom. The van der Waals surface area contributed by atoms with Crippen LogP contribution in [0.5, 0.6) is 23.0 Å². The van der Waals surface area contributed by atoms with Gasteiger partial charge in [0.1, 0.15) is 11.9 Å². The van der Waals surface area contributed by atoms with Crippen molar-refractivity contribution in [1.29, 1.82) is 0 Å². The normalized spacial score (nSPS) is 20.4. The molecule has 212 valence electrons. The fraction of sp³-hybridized carbons (Fsp3) is 0.303. The quantitative estimate of drug-likeness (QED) is 0.327. The number of aliphatic hydroxyl groups excluding tert-OH is 1. The third-order valence-electron chi connectivity index (χ3n) is 7.88. The summed E-state index contributed by atoms with van der Waals surface area (Å²) in [6.45, 7) is 1.73. The molecule has 1 saturated heterocycles. The maximum atomic E-state index is 13.9. The fourth-order valence-corrected chi connectivity index (χ4v) is 5.77. The van der Waals surface area contributed by atoms with Crippen molar-refractivity contribution >= 4 is 17.6 Å². The second-order valence-electron chi connectivity index (χ2n) is 10.5. The highest BCUT2D eigenvalue weighted by Crippen LogP contribution is 2.44. The van der Waals surface area contributed by atoms with E-state index >= 15 is 0 Å². The Morgan fingerprint density at radius 3 is 2.49 bits per heavy atom. The lowest BCUT2D eigenvalue weighted by atomic mass is 9.87. The highest BCUT2D eigenvalue weighted by atomic mass is 16.5. The van der Waals surface area contributed by atoms with Crippen LogP contribution in [-0.2, 0) is 0 Å². The fourth-order valence-electron chi connectivity index (χ4n) is 5.77. The first-order chi connectivity index (χ1) is 19.9. The largest absolute Gasteiger partial charge is 0.493 e. The number of methoxy groups -OCH3 is 3. The molecule has 3 aromatic carbocycles. The third-order valence-corrected chi connectivity index (χ3v) is 7.88. The average molecular weight is 555 g/mol. The molecule has 2 heterocycles. The van der Waals surface area contributed by atoms with Gasteiger partial charge in [-0.15, -0.1) is 0 Å². The molecule has 1 fully saturated rings. The Kier molecular flexibility index (Phi) is 7.19. The van der Waals surface area contributed by atoms with Crippen LogP contribution in [0.1, 0.15) is 46.4 Å². The summed E-state index contributed by atoms with van der Waals surface area (Å²) in [5, 5.41) is 16.9. The monoisotopic (exact) mass is 554 g/mol. The lowest BCUT2D eigenvalue weighted by Gasteiger charge is -2.25. The van der Waals surface area contributed by atoms with Crippen molar-refractivity contribution in [1.82, 2.24) is 10.6 Å². The van der Waals surface area contributed by atoms with E-state index in [1.165, 1.54) is 5.56 Å². The molecule has 0 spiro atoms. The summed E-state index contributed by atoms with van der Waals surface area (Å²) in [7, 11) is 4.70. The van der Waals surface area contributed by atoms with E-state index in [2.05, 4.69) is 28.8 Å². The van der Waals surface area contributed by atoms with Gasteiger partial charge >= 0.3 is 0 Å². The number of amides is 1. The second kappa shape index (κ2) is 11.0. The summed E-state index contributed by atoms with van der Waals surface area (Å²) in [4.78, 5) is 13.9. The van der Waals surface area contributed by atoms with Gasteiger partial charge in [0.05, 0.1) is 45.6 Å². The van der Waals surface area contributed by atoms with Crippen molar-refractivity contribution in [2.24, 2.45) is 0 Å². The van der Waals surface area contributed by atoms with Gasteiger partial charge < -0.3 is 34.7 Å². The zero-order valence-corrected chi connectivity index (χ0v) is 23.6. The standard InChI is InChI=1S/C33H34N2O6/c1-18-9-10-19-11-20(21-15-28(38-2)32(40-4)29(16-21)39-3)13-26(31(19)41-18)33(37)34-23(17-36)12-22-14-27-30(35-27)25-8-6-5-7-24(22)25/h5-11,13-16,18,23,27,30,35-36H,12,17H2,1-4H3,(H,34,37). The molecule has 2 aliphatic heterocycles. The van der Waals surface area contributed by atoms with Crippen LogP contribution in [0.4, 0.5) is 0 Å². The van der Waals surface area contributed by atoms with Gasteiger partial charge in [0, 0.05) is 11.6 Å². The van der Waals surface area contributed by atoms with Crippen molar-refractivity contribution < 1.29 is 28.8 Å². The molecular weight excluding hydrogens is 520 g/mol. The van der Waals surface area contributed by atoms with E-state index < -0.39 is 6.04 Å². The molecule has 4 atom stereocenters. The molecule has 0 bridgehead atoms. The molecule has 8 nitrogen and oxygen atoms in total. The predicted molar refractivity (Wildman–Crippen MR) is 158 cm³/mol. The number of hydrogen-bond acceptors (Lipinski definition) is 7. The molecule has 3 aromatic rings. The van der Waals surface area contributed by atoms with Crippen LogP contribution in [0.3, 0.4) is 0 Å². The summed E-state index contributed by atoms with van der Waals surface area (Å²) >= 11 is 0. The minimum atomic E-state index is -0.478. The number of carbonyl (C=O) groups excluding carboxylic acids is 1. The first-order valence-corrected chi connectivity index (χ1v) is 13.7. The first-order valence-electron chi connectivity index (χ1n) is 13.7. The Balaban J connectivity index is 1.33. The van der Waals surface area contributed by atoms with E-state index in [9.17, 15) is 9.90 Å². The molecule has 0 aromatic heterocycles. The van der Waals surface area contributed by atoms with E-state index in [0.717, 1.165) is 27.8 Å². The van der Waals surface area contributed by atoms with Gasteiger partial charge in [0.15, 0.2) is 11.5 Å². The lowest BCUT2D eigenvalue weighted by molar-refractivity contribution is 0.0912. The van der Waals surface area contributed by atoms with Crippen LogP contribution in [0, 0.1) is 0 Å². The van der Waals surface area contributed by atoms with Crippen LogP contribution >= 0.6 is 0 Å². The van der Waals surface area contributed by atoms with E-state index in [1.807, 2.05) is 55.5 Å². The number of carbonyl (C=O) groups is 1. The van der Waals surface area contributed by atoms with E-state index in [4.69, 9.17) is 18.9 Å². The van der Waals surface area contributed by atoms with Crippen LogP contribution in [0.2, 0.25) is 0 Å². The molecular formula is C33H34N2O6. The SMILES string of the molecule is COc1cc(-c2cc3c(c(C(=O)NC(CO)CC4=CC5NC5c5ccccc54)c2)OC(C)C=C3)cc(OC)c1OC. The van der Waals surface area contributed by atoms with Crippen LogP contribution in [-0.4, -0.2) is 57.1 Å². The summed E-state index contributed by atoms with van der Waals surface area (Å²) in [5.74, 6) is 1.71. The summed E-state index contributed by atoms with van der Waals surface area (Å²) in [5.41, 5.74) is 6.29. The zero-order chi connectivity index (χ0) is 28.7. The Hall–Kier alpha value is -4.27. The maximum Gasteiger partial charge on any atom is 0.255 e. The van der Waals surface area contributed by atoms with Crippen molar-refractivity contribution in [3.63, 3.8) is 0 Å². The van der Waals surface area contributed by atoms with Crippen molar-refractivity contribution in [3.05, 3.63) is 82.9 Å². The molecule has 0 saturated carbocycles. The zero-order valence-electron chi connectivity index (χ0n) is 23.6. The number of hydrogen-bond donors (Lipinski definition) is 3. The van der Waals surface area contributed by atoms with Gasteiger partial charge in [-0.05, 0) is 71.5 Å². The molecule has 3 aliphatic rings. The predicted octanol–water partition coefficient (Wildman–Crippen LogP) is 4.76. The van der Waals surface area contributed by atoms with Gasteiger partial charge in [0.2, 0.25) is 5.75 Å². The molecule has 1 amide bonds. The maximum absolute atomic E-state index is 13.9. The number of nitrogens with one attached hydrogen (secondary N) is 2. The van der Waals surface area contributed by atoms with E-state index in [-0.39, 0.29) is 18.6 Å². The highest BCUT2D eigenvalue weighted by molar-refractivity contribution is 6.00. The van der Waals surface area contributed by atoms with E-state index in [1.54, 1.807) is 21.3 Å². The summed E-state index contributed by atoms with van der Waals surface area (Å²) in [6, 6.07) is 16.0. The number of fused-ring (bicyclic) bond motifs is 4. The van der Waals surface area contributed by atoms with Gasteiger partial charge in [-0.2, -0.15) is 0 Å². The number of benzene rings is 3. The van der Waals surface area contributed by atoms with Gasteiger partial charge in [-0.3, -0.25) is 4.79 Å². The minimum absolute atomic E-state index is 0.183. The topological polar surface area (TPSA) is 108 Å². The van der Waals surface area contributed by atoms with Crippen LogP contribution < -0.4 is 29.6 Å². The van der Waals surface area contributed by atoms with Gasteiger partial charge in [0.25, 0.3) is 5.91 Å². The second-order valence-corrected chi connectivity index (χ2v) is 10.5. The molecule has 4 unspecified atom stereocenters.